The first-order chi connectivity index (χ1) is 5.88. The minimum absolute atomic E-state index is 0.491. The fraction of sp³-hybridized carbons (Fsp3) is 0.143. The van der Waals surface area contributed by atoms with Gasteiger partial charge in [-0.15, -0.1) is 0 Å². The normalized spacial score (nSPS) is 11.3. The van der Waals surface area contributed by atoms with Crippen LogP contribution in [-0.4, -0.2) is 8.42 Å². The van der Waals surface area contributed by atoms with Crippen LogP contribution in [0.2, 0.25) is 0 Å². The van der Waals surface area contributed by atoms with Gasteiger partial charge in [0.05, 0.1) is 5.69 Å². The molecule has 0 aromatic heterocycles. The largest absolute Gasteiger partial charge is 0.296 e. The van der Waals surface area contributed by atoms with Crippen LogP contribution < -0.4 is 9.86 Å². The maximum Gasteiger partial charge on any atom is 0.296 e. The molecule has 72 valence electrons. The molecule has 13 heavy (non-hydrogen) atoms. The van der Waals surface area contributed by atoms with E-state index in [2.05, 4.69) is 20.7 Å². The molecule has 1 aromatic carbocycles. The maximum atomic E-state index is 10.7. The van der Waals surface area contributed by atoms with Crippen molar-refractivity contribution >= 4 is 31.8 Å². The Labute approximate surface area is 85.4 Å². The molecule has 4 nitrogen and oxygen atoms in total. The summed E-state index contributed by atoms with van der Waals surface area (Å²) in [7, 11) is -3.68. The van der Waals surface area contributed by atoms with Gasteiger partial charge in [0.25, 0.3) is 10.2 Å². The Bertz CT molecular complexity index is 417. The van der Waals surface area contributed by atoms with Crippen molar-refractivity contribution in [3.8, 4) is 0 Å². The van der Waals surface area contributed by atoms with E-state index in [1.165, 1.54) is 0 Å². The lowest BCUT2D eigenvalue weighted by Crippen LogP contribution is -2.22. The van der Waals surface area contributed by atoms with E-state index in [4.69, 9.17) is 5.14 Å². The third kappa shape index (κ3) is 3.33. The standard InChI is InChI=1S/C7H9BrN2O2S/c1-5-4-6(8)2-3-7(5)10-13(9,11)12/h2-4,10H,1H3,(H2,9,11,12). The minimum atomic E-state index is -3.68. The Hall–Kier alpha value is -0.590. The molecular formula is C7H9BrN2O2S. The molecule has 0 bridgehead atoms. The molecule has 1 rings (SSSR count). The van der Waals surface area contributed by atoms with Crippen molar-refractivity contribution in [2.24, 2.45) is 5.14 Å². The van der Waals surface area contributed by atoms with E-state index in [-0.39, 0.29) is 0 Å². The van der Waals surface area contributed by atoms with Gasteiger partial charge in [0, 0.05) is 4.47 Å². The summed E-state index contributed by atoms with van der Waals surface area (Å²) in [5.41, 5.74) is 1.30. The molecule has 0 saturated carbocycles. The first-order valence-corrected chi connectivity index (χ1v) is 5.79. The van der Waals surface area contributed by atoms with Gasteiger partial charge < -0.3 is 0 Å². The lowest BCUT2D eigenvalue weighted by molar-refractivity contribution is 0.603. The SMILES string of the molecule is Cc1cc(Br)ccc1NS(N)(=O)=O. The monoisotopic (exact) mass is 264 g/mol. The molecule has 0 aliphatic rings. The third-order valence-electron chi connectivity index (χ3n) is 1.44. The zero-order valence-corrected chi connectivity index (χ0v) is 9.31. The Morgan fingerprint density at radius 3 is 2.54 bits per heavy atom. The topological polar surface area (TPSA) is 72.2 Å². The van der Waals surface area contributed by atoms with Crippen molar-refractivity contribution < 1.29 is 8.42 Å². The van der Waals surface area contributed by atoms with E-state index < -0.39 is 10.2 Å². The minimum Gasteiger partial charge on any atom is -0.271 e. The maximum absolute atomic E-state index is 10.7. The highest BCUT2D eigenvalue weighted by molar-refractivity contribution is 9.10. The second-order valence-electron chi connectivity index (χ2n) is 2.61. The number of nitrogens with two attached hydrogens (primary N) is 1. The summed E-state index contributed by atoms with van der Waals surface area (Å²) in [5.74, 6) is 0. The predicted molar refractivity (Wildman–Crippen MR) is 55.6 cm³/mol. The molecule has 1 aromatic rings. The van der Waals surface area contributed by atoms with Gasteiger partial charge in [-0.1, -0.05) is 15.9 Å². The molecule has 3 N–H and O–H groups in total. The van der Waals surface area contributed by atoms with Crippen LogP contribution in [0.3, 0.4) is 0 Å². The van der Waals surface area contributed by atoms with E-state index in [1.54, 1.807) is 25.1 Å². The summed E-state index contributed by atoms with van der Waals surface area (Å²) < 4.78 is 24.5. The summed E-state index contributed by atoms with van der Waals surface area (Å²) >= 11 is 3.27. The van der Waals surface area contributed by atoms with Crippen LogP contribution in [0.15, 0.2) is 22.7 Å². The molecular weight excluding hydrogens is 256 g/mol. The fourth-order valence-corrected chi connectivity index (χ4v) is 1.91. The van der Waals surface area contributed by atoms with Gasteiger partial charge in [0.2, 0.25) is 0 Å². The van der Waals surface area contributed by atoms with Crippen LogP contribution in [0.5, 0.6) is 0 Å². The number of hydrogen-bond donors (Lipinski definition) is 2. The number of rotatable bonds is 2. The van der Waals surface area contributed by atoms with Gasteiger partial charge >= 0.3 is 0 Å². The van der Waals surface area contributed by atoms with Crippen molar-refractivity contribution in [3.63, 3.8) is 0 Å². The van der Waals surface area contributed by atoms with Gasteiger partial charge in [0.1, 0.15) is 0 Å². The first-order valence-electron chi connectivity index (χ1n) is 3.45. The summed E-state index contributed by atoms with van der Waals surface area (Å²) in [6, 6.07) is 5.18. The van der Waals surface area contributed by atoms with E-state index in [0.717, 1.165) is 10.0 Å². The highest BCUT2D eigenvalue weighted by Crippen LogP contribution is 2.20. The number of benzene rings is 1. The van der Waals surface area contributed by atoms with Crippen molar-refractivity contribution in [2.45, 2.75) is 6.92 Å². The van der Waals surface area contributed by atoms with Gasteiger partial charge in [-0.05, 0) is 30.7 Å². The third-order valence-corrected chi connectivity index (χ3v) is 2.44. The van der Waals surface area contributed by atoms with E-state index in [0.29, 0.717) is 5.69 Å². The Balaban J connectivity index is 3.04. The Morgan fingerprint density at radius 2 is 2.08 bits per heavy atom. The molecule has 0 unspecified atom stereocenters. The zero-order valence-electron chi connectivity index (χ0n) is 6.91. The Kier molecular flexibility index (Phi) is 2.94. The van der Waals surface area contributed by atoms with Crippen molar-refractivity contribution in [1.29, 1.82) is 0 Å². The molecule has 0 amide bonds. The molecule has 0 radical (unpaired) electrons. The second kappa shape index (κ2) is 3.65. The van der Waals surface area contributed by atoms with Crippen LogP contribution >= 0.6 is 15.9 Å². The van der Waals surface area contributed by atoms with E-state index >= 15 is 0 Å². The molecule has 0 atom stereocenters. The van der Waals surface area contributed by atoms with E-state index in [1.807, 2.05) is 0 Å². The molecule has 6 heteroatoms. The summed E-state index contributed by atoms with van der Waals surface area (Å²) in [6.07, 6.45) is 0. The molecule has 0 spiro atoms. The lowest BCUT2D eigenvalue weighted by atomic mass is 10.2. The molecule has 0 aliphatic heterocycles. The zero-order chi connectivity index (χ0) is 10.1. The fourth-order valence-electron chi connectivity index (χ4n) is 0.895. The summed E-state index contributed by atoms with van der Waals surface area (Å²) in [6.45, 7) is 1.79. The van der Waals surface area contributed by atoms with Crippen molar-refractivity contribution in [3.05, 3.63) is 28.2 Å². The van der Waals surface area contributed by atoms with Crippen molar-refractivity contribution in [1.82, 2.24) is 0 Å². The first kappa shape index (κ1) is 10.5. The quantitative estimate of drug-likeness (QED) is 0.847. The van der Waals surface area contributed by atoms with Crippen LogP contribution in [0, 0.1) is 6.92 Å². The number of halogens is 1. The molecule has 0 fully saturated rings. The van der Waals surface area contributed by atoms with Crippen LogP contribution in [0.25, 0.3) is 0 Å². The van der Waals surface area contributed by atoms with Gasteiger partial charge in [-0.3, -0.25) is 4.72 Å². The Morgan fingerprint density at radius 1 is 1.46 bits per heavy atom. The van der Waals surface area contributed by atoms with Gasteiger partial charge in [-0.2, -0.15) is 8.42 Å². The van der Waals surface area contributed by atoms with Gasteiger partial charge in [-0.25, -0.2) is 5.14 Å². The number of aryl methyl sites for hydroxylation is 1. The molecule has 0 saturated heterocycles. The lowest BCUT2D eigenvalue weighted by Gasteiger charge is -2.06. The average molecular weight is 265 g/mol. The average Bonchev–Trinajstić information content (AvgIpc) is 1.93. The van der Waals surface area contributed by atoms with Crippen LogP contribution in [0.1, 0.15) is 5.56 Å². The van der Waals surface area contributed by atoms with Crippen molar-refractivity contribution in [2.75, 3.05) is 4.72 Å². The predicted octanol–water partition coefficient (Wildman–Crippen LogP) is 1.37. The smallest absolute Gasteiger partial charge is 0.271 e. The molecule has 0 heterocycles. The van der Waals surface area contributed by atoms with Crippen LogP contribution in [0.4, 0.5) is 5.69 Å². The number of anilines is 1. The summed E-state index contributed by atoms with van der Waals surface area (Å²) in [4.78, 5) is 0. The summed E-state index contributed by atoms with van der Waals surface area (Å²) in [5, 5.41) is 4.82. The van der Waals surface area contributed by atoms with Crippen LogP contribution in [-0.2, 0) is 10.2 Å². The number of hydrogen-bond acceptors (Lipinski definition) is 2. The molecule has 0 aliphatic carbocycles. The number of nitrogens with one attached hydrogen (secondary N) is 1. The highest BCUT2D eigenvalue weighted by atomic mass is 79.9. The highest BCUT2D eigenvalue weighted by Gasteiger charge is 2.04. The second-order valence-corrected chi connectivity index (χ2v) is 4.82. The van der Waals surface area contributed by atoms with Gasteiger partial charge in [0.15, 0.2) is 0 Å². The van der Waals surface area contributed by atoms with E-state index in [9.17, 15) is 8.42 Å².